The van der Waals surface area contributed by atoms with Crippen molar-refractivity contribution in [3.05, 3.63) is 72.8 Å². The van der Waals surface area contributed by atoms with E-state index in [4.69, 9.17) is 0 Å². The van der Waals surface area contributed by atoms with Gasteiger partial charge in [0.1, 0.15) is 0 Å². The van der Waals surface area contributed by atoms with E-state index in [-0.39, 0.29) is 22.2 Å². The first-order chi connectivity index (χ1) is 16.7. The minimum Gasteiger partial charge on any atom is -0.871 e. The molecule has 0 saturated carbocycles. The quantitative estimate of drug-likeness (QED) is 0.167. The van der Waals surface area contributed by atoms with Gasteiger partial charge in [-0.3, -0.25) is 0 Å². The van der Waals surface area contributed by atoms with E-state index >= 15 is 0 Å². The zero-order chi connectivity index (χ0) is 23.8. The summed E-state index contributed by atoms with van der Waals surface area (Å²) < 4.78 is 0. The summed E-state index contributed by atoms with van der Waals surface area (Å²) in [6, 6.07) is 22.9. The van der Waals surface area contributed by atoms with Crippen LogP contribution < -0.4 is 10.0 Å². The summed E-state index contributed by atoms with van der Waals surface area (Å²) in [4.78, 5) is 11.6. The Morgan fingerprint density at radius 1 is 0.800 bits per heavy atom. The zero-order valence-electron chi connectivity index (χ0n) is 20.1. The Balaban J connectivity index is 0.00000342. The summed E-state index contributed by atoms with van der Waals surface area (Å²) in [5.74, 6) is 0.884. The van der Waals surface area contributed by atoms with Gasteiger partial charge in [0.15, 0.2) is 11.6 Å². The molecule has 4 aromatic rings. The molecule has 6 nitrogen and oxygen atoms in total. The fraction of sp³-hybridized carbons (Fsp3) is 0.286. The molecule has 7 heteroatoms. The van der Waals surface area contributed by atoms with E-state index in [9.17, 15) is 5.11 Å². The summed E-state index contributed by atoms with van der Waals surface area (Å²) >= 11 is 0. The molecule has 0 aliphatic rings. The van der Waals surface area contributed by atoms with E-state index in [1.54, 1.807) is 12.1 Å². The molecule has 1 heterocycles. The van der Waals surface area contributed by atoms with Crippen molar-refractivity contribution in [3.63, 3.8) is 0 Å². The maximum Gasteiger partial charge on any atom is 2.00 e. The number of aromatic nitrogens is 2. The number of hydrogen-bond donors (Lipinski definition) is 0. The number of anilines is 1. The smallest absolute Gasteiger partial charge is 0.871 e. The molecule has 0 spiro atoms. The van der Waals surface area contributed by atoms with Crippen LogP contribution in [0.4, 0.5) is 17.2 Å². The van der Waals surface area contributed by atoms with Gasteiger partial charge < -0.3 is 10.0 Å². The van der Waals surface area contributed by atoms with Crippen LogP contribution in [0.3, 0.4) is 0 Å². The molecule has 0 amide bonds. The molecule has 0 aliphatic carbocycles. The molecule has 0 bridgehead atoms. The van der Waals surface area contributed by atoms with Crippen LogP contribution in [0.1, 0.15) is 39.5 Å². The van der Waals surface area contributed by atoms with Gasteiger partial charge >= 0.3 is 16.5 Å². The number of rotatable bonds is 10. The predicted molar refractivity (Wildman–Crippen MR) is 137 cm³/mol. The zero-order valence-corrected chi connectivity index (χ0v) is 21.1. The Morgan fingerprint density at radius 2 is 1.49 bits per heavy atom. The summed E-state index contributed by atoms with van der Waals surface area (Å²) in [7, 11) is 0. The molecule has 0 fully saturated rings. The molecule has 1 aromatic heterocycles. The van der Waals surface area contributed by atoms with Gasteiger partial charge in [0.2, 0.25) is 0 Å². The van der Waals surface area contributed by atoms with Gasteiger partial charge in [0, 0.05) is 29.7 Å². The van der Waals surface area contributed by atoms with Gasteiger partial charge in [0.05, 0.1) is 11.2 Å². The fourth-order valence-electron chi connectivity index (χ4n) is 3.80. The second-order valence-corrected chi connectivity index (χ2v) is 8.30. The molecule has 0 unspecified atom stereocenters. The third kappa shape index (κ3) is 6.64. The number of fused-ring (bicyclic) bond motifs is 1. The van der Waals surface area contributed by atoms with Crippen LogP contribution in [0.2, 0.25) is 0 Å². The minimum absolute atomic E-state index is 0. The average molecular weight is 511 g/mol. The van der Waals surface area contributed by atoms with Crippen LogP contribution in [0.5, 0.6) is 5.75 Å². The molecule has 182 valence electrons. The number of para-hydroxylation sites is 1. The molecule has 4 rings (SSSR count). The normalized spacial score (nSPS) is 11.0. The molecule has 0 aliphatic heterocycles. The third-order valence-corrected chi connectivity index (χ3v) is 5.74. The minimum atomic E-state index is -0.138. The van der Waals surface area contributed by atoms with E-state index in [1.165, 1.54) is 0 Å². The van der Waals surface area contributed by atoms with Gasteiger partial charge in [-0.1, -0.05) is 74.9 Å². The summed E-state index contributed by atoms with van der Waals surface area (Å²) in [5.41, 5.74) is 2.94. The fourth-order valence-corrected chi connectivity index (χ4v) is 3.80. The monoisotopic (exact) mass is 510 g/mol. The van der Waals surface area contributed by atoms with Crippen molar-refractivity contribution >= 4 is 28.1 Å². The molecule has 0 atom stereocenters. The number of hydrogen-bond acceptors (Lipinski definition) is 6. The summed E-state index contributed by atoms with van der Waals surface area (Å²) in [6.07, 6.45) is 4.45. The number of nitrogens with zero attached hydrogens (tertiary/aromatic N) is 5. The van der Waals surface area contributed by atoms with Crippen LogP contribution in [-0.4, -0.2) is 23.1 Å². The Morgan fingerprint density at radius 3 is 2.17 bits per heavy atom. The van der Waals surface area contributed by atoms with Gasteiger partial charge in [-0.2, -0.15) is 0 Å². The SMILES string of the molecule is CCCCN(CCCC)c1ccc(N=Nc2nc(-c3ccccc3)nc3ccccc23)c([O-])c1.[Ni+2]. The van der Waals surface area contributed by atoms with E-state index < -0.39 is 0 Å². The van der Waals surface area contributed by atoms with Crippen molar-refractivity contribution in [2.24, 2.45) is 10.2 Å². The largest absolute Gasteiger partial charge is 2.00 e. The van der Waals surface area contributed by atoms with Crippen LogP contribution in [0.15, 0.2) is 83.0 Å². The Kier molecular flexibility index (Phi) is 9.74. The van der Waals surface area contributed by atoms with Crippen LogP contribution >= 0.6 is 0 Å². The molecule has 35 heavy (non-hydrogen) atoms. The van der Waals surface area contributed by atoms with Gasteiger partial charge in [-0.15, -0.1) is 10.2 Å². The van der Waals surface area contributed by atoms with E-state index in [0.29, 0.717) is 17.3 Å². The van der Waals surface area contributed by atoms with Crippen molar-refractivity contribution < 1.29 is 21.6 Å². The number of benzene rings is 3. The van der Waals surface area contributed by atoms with Crippen molar-refractivity contribution in [2.45, 2.75) is 39.5 Å². The topological polar surface area (TPSA) is 76.8 Å². The van der Waals surface area contributed by atoms with E-state index in [0.717, 1.165) is 60.9 Å². The Bertz CT molecular complexity index is 1250. The first-order valence-electron chi connectivity index (χ1n) is 12.0. The average Bonchev–Trinajstić information content (AvgIpc) is 2.88. The maximum atomic E-state index is 12.9. The molecule has 3 aromatic carbocycles. The van der Waals surface area contributed by atoms with E-state index in [2.05, 4.69) is 38.9 Å². The van der Waals surface area contributed by atoms with Crippen LogP contribution in [0, 0.1) is 0 Å². The third-order valence-electron chi connectivity index (χ3n) is 5.74. The molecular weight excluding hydrogens is 481 g/mol. The molecule has 0 radical (unpaired) electrons. The molecular formula is C28H30N5NiO+. The summed E-state index contributed by atoms with van der Waals surface area (Å²) in [6.45, 7) is 6.26. The van der Waals surface area contributed by atoms with Gasteiger partial charge in [0.25, 0.3) is 0 Å². The van der Waals surface area contributed by atoms with E-state index in [1.807, 2.05) is 60.7 Å². The maximum absolute atomic E-state index is 12.9. The Hall–Kier alpha value is -3.31. The first kappa shape index (κ1) is 26.3. The van der Waals surface area contributed by atoms with Crippen molar-refractivity contribution in [2.75, 3.05) is 18.0 Å². The molecule has 0 N–H and O–H groups in total. The Labute approximate surface area is 217 Å². The second kappa shape index (κ2) is 13.0. The molecule has 0 saturated heterocycles. The van der Waals surface area contributed by atoms with Crippen LogP contribution in [0.25, 0.3) is 22.3 Å². The second-order valence-electron chi connectivity index (χ2n) is 8.30. The van der Waals surface area contributed by atoms with Crippen molar-refractivity contribution in [1.82, 2.24) is 9.97 Å². The van der Waals surface area contributed by atoms with Crippen molar-refractivity contribution in [3.8, 4) is 17.1 Å². The predicted octanol–water partition coefficient (Wildman–Crippen LogP) is 7.19. The first-order valence-corrected chi connectivity index (χ1v) is 12.0. The standard InChI is InChI=1S/C28H31N5O.Ni/c1-3-5-18-33(19-6-4-2)22-16-17-25(26(34)20-22)31-32-28-23-14-10-11-15-24(23)29-27(30-28)21-12-8-7-9-13-21;/h7-17,20,34H,3-6,18-19H2,1-2H3;/q;+2/p-1. The van der Waals surface area contributed by atoms with Crippen molar-refractivity contribution in [1.29, 1.82) is 0 Å². The number of unbranched alkanes of at least 4 members (excludes halogenated alkanes) is 2. The van der Waals surface area contributed by atoms with Gasteiger partial charge in [-0.25, -0.2) is 9.97 Å². The number of azo groups is 1. The van der Waals surface area contributed by atoms with Gasteiger partial charge in [-0.05, 0) is 43.2 Å². The summed E-state index contributed by atoms with van der Waals surface area (Å²) in [5, 5.41) is 22.3. The van der Waals surface area contributed by atoms with Crippen LogP contribution in [-0.2, 0) is 16.5 Å².